The molecule has 8 aromatic rings. The standard InChI is InChI=1S/C59H62BN3O/c1-56(2,3)37-21-28-41(29-22-37)62(42-30-23-38(24-31-42)57(4,5)6)54-53-45(44-17-14-15-18-48(44)61(53)13)36-47-55(54)64-51-20-16-19-50-52(51)60(47)46-35-40(59(10,11)12)27-34-49(46)63(50)43-32-25-39(26-33-43)58(7,8)9/h14-36H,1-13H3. The van der Waals surface area contributed by atoms with Crippen molar-refractivity contribution in [1.29, 1.82) is 0 Å². The lowest BCUT2D eigenvalue weighted by Crippen LogP contribution is -2.59. The molecule has 1 aromatic heterocycles. The van der Waals surface area contributed by atoms with Crippen LogP contribution in [0, 0.1) is 0 Å². The molecular formula is C59H62BN3O. The number of nitrogens with zero attached hydrogens (tertiary/aromatic N) is 3. The van der Waals surface area contributed by atoms with Crippen molar-refractivity contribution >= 4 is 79.0 Å². The molecule has 5 heteroatoms. The van der Waals surface area contributed by atoms with Crippen LogP contribution < -0.4 is 30.9 Å². The fraction of sp³-hybridized carbons (Fsp3) is 0.288. The van der Waals surface area contributed by atoms with Gasteiger partial charge in [-0.2, -0.15) is 0 Å². The van der Waals surface area contributed by atoms with Crippen molar-refractivity contribution in [2.24, 2.45) is 7.05 Å². The molecule has 10 rings (SSSR count). The maximum Gasteiger partial charge on any atom is 0.256 e. The molecule has 0 saturated carbocycles. The lowest BCUT2D eigenvalue weighted by molar-refractivity contribution is 0.489. The number of aryl methyl sites for hydroxylation is 1. The smallest absolute Gasteiger partial charge is 0.256 e. The second-order valence-corrected chi connectivity index (χ2v) is 22.4. The van der Waals surface area contributed by atoms with E-state index in [2.05, 4.69) is 244 Å². The van der Waals surface area contributed by atoms with Crippen LogP contribution in [0.3, 0.4) is 0 Å². The Morgan fingerprint density at radius 2 is 1.02 bits per heavy atom. The van der Waals surface area contributed by atoms with E-state index in [1.807, 2.05) is 0 Å². The first-order chi connectivity index (χ1) is 30.2. The summed E-state index contributed by atoms with van der Waals surface area (Å²) in [6.07, 6.45) is 0. The Balaban J connectivity index is 1.31. The zero-order valence-electron chi connectivity index (χ0n) is 40.1. The Morgan fingerprint density at radius 3 is 1.58 bits per heavy atom. The number of anilines is 6. The number of hydrogen-bond acceptors (Lipinski definition) is 3. The highest BCUT2D eigenvalue weighted by atomic mass is 16.5. The molecule has 4 nitrogen and oxygen atoms in total. The Labute approximate surface area is 381 Å². The summed E-state index contributed by atoms with van der Waals surface area (Å²) in [5.74, 6) is 1.78. The van der Waals surface area contributed by atoms with Gasteiger partial charge in [0, 0.05) is 51.8 Å². The fourth-order valence-electron chi connectivity index (χ4n) is 10.1. The summed E-state index contributed by atoms with van der Waals surface area (Å²) in [5, 5.41) is 2.45. The summed E-state index contributed by atoms with van der Waals surface area (Å²) >= 11 is 0. The largest absolute Gasteiger partial charge is 0.456 e. The van der Waals surface area contributed by atoms with E-state index in [1.165, 1.54) is 60.6 Å². The molecule has 7 aromatic carbocycles. The van der Waals surface area contributed by atoms with Crippen LogP contribution in [-0.4, -0.2) is 11.3 Å². The van der Waals surface area contributed by atoms with Crippen LogP contribution in [0.15, 0.2) is 140 Å². The minimum atomic E-state index is -0.0900. The second-order valence-electron chi connectivity index (χ2n) is 22.4. The molecule has 0 radical (unpaired) electrons. The first kappa shape index (κ1) is 41.8. The Bertz CT molecular complexity index is 3050. The van der Waals surface area contributed by atoms with Crippen LogP contribution >= 0.6 is 0 Å². The Hall–Kier alpha value is -6.20. The maximum absolute atomic E-state index is 7.57. The fourth-order valence-corrected chi connectivity index (χ4v) is 10.1. The second kappa shape index (κ2) is 14.4. The van der Waals surface area contributed by atoms with E-state index in [-0.39, 0.29) is 28.4 Å². The number of hydrogen-bond donors (Lipinski definition) is 0. The molecule has 0 N–H and O–H groups in total. The van der Waals surface area contributed by atoms with Gasteiger partial charge in [0.15, 0.2) is 0 Å². The van der Waals surface area contributed by atoms with Crippen molar-refractivity contribution in [3.8, 4) is 11.5 Å². The minimum Gasteiger partial charge on any atom is -0.456 e. The average Bonchev–Trinajstić information content (AvgIpc) is 3.53. The van der Waals surface area contributed by atoms with Crippen molar-refractivity contribution in [1.82, 2.24) is 4.57 Å². The van der Waals surface area contributed by atoms with Gasteiger partial charge in [-0.1, -0.05) is 162 Å². The van der Waals surface area contributed by atoms with E-state index in [1.54, 1.807) is 0 Å². The number of aromatic nitrogens is 1. The molecule has 0 fully saturated rings. The molecule has 0 atom stereocenters. The van der Waals surface area contributed by atoms with Crippen LogP contribution in [0.4, 0.5) is 34.1 Å². The predicted octanol–water partition coefficient (Wildman–Crippen LogP) is 14.4. The first-order valence-corrected chi connectivity index (χ1v) is 23.1. The van der Waals surface area contributed by atoms with Crippen LogP contribution in [0.1, 0.15) is 105 Å². The van der Waals surface area contributed by atoms with Crippen molar-refractivity contribution in [3.05, 3.63) is 162 Å². The van der Waals surface area contributed by atoms with Crippen LogP contribution in [0.25, 0.3) is 21.8 Å². The molecule has 0 amide bonds. The highest BCUT2D eigenvalue weighted by Gasteiger charge is 2.44. The molecule has 64 heavy (non-hydrogen) atoms. The normalized spacial score (nSPS) is 13.8. The van der Waals surface area contributed by atoms with E-state index >= 15 is 0 Å². The molecule has 2 aliphatic heterocycles. The van der Waals surface area contributed by atoms with Gasteiger partial charge in [-0.05, 0) is 121 Å². The van der Waals surface area contributed by atoms with E-state index in [9.17, 15) is 0 Å². The third-order valence-corrected chi connectivity index (χ3v) is 13.9. The molecule has 0 spiro atoms. The summed E-state index contributed by atoms with van der Waals surface area (Å²) < 4.78 is 9.95. The third kappa shape index (κ3) is 6.73. The number of fused-ring (bicyclic) bond motifs is 7. The van der Waals surface area contributed by atoms with Gasteiger partial charge in [0.1, 0.15) is 17.2 Å². The maximum atomic E-state index is 7.57. The highest BCUT2D eigenvalue weighted by molar-refractivity contribution is 6.99. The monoisotopic (exact) mass is 839 g/mol. The summed E-state index contributed by atoms with van der Waals surface area (Å²) in [4.78, 5) is 4.93. The zero-order chi connectivity index (χ0) is 45.2. The van der Waals surface area contributed by atoms with E-state index in [0.717, 1.165) is 45.5 Å². The van der Waals surface area contributed by atoms with E-state index in [4.69, 9.17) is 4.74 Å². The molecule has 0 unspecified atom stereocenters. The van der Waals surface area contributed by atoms with Crippen molar-refractivity contribution < 1.29 is 4.74 Å². The van der Waals surface area contributed by atoms with Gasteiger partial charge in [0.25, 0.3) is 6.71 Å². The molecule has 3 heterocycles. The van der Waals surface area contributed by atoms with Gasteiger partial charge in [-0.15, -0.1) is 0 Å². The quantitative estimate of drug-likeness (QED) is 0.165. The number of ether oxygens (including phenoxy) is 1. The summed E-state index contributed by atoms with van der Waals surface area (Å²) in [6, 6.07) is 52.8. The SMILES string of the molecule is Cn1c2ccccc2c2cc3c(c(N(c4ccc(C(C)(C)C)cc4)c4ccc(C(C)(C)C)cc4)c21)Oc1cccc2c1B3c1cc(C(C)(C)C)ccc1N2c1ccc(C(C)(C)C)cc1. The number of para-hydroxylation sites is 1. The van der Waals surface area contributed by atoms with Crippen LogP contribution in [0.5, 0.6) is 11.5 Å². The Morgan fingerprint density at radius 1 is 0.484 bits per heavy atom. The molecule has 0 bridgehead atoms. The van der Waals surface area contributed by atoms with Crippen molar-refractivity contribution in [2.45, 2.75) is 105 Å². The summed E-state index contributed by atoms with van der Waals surface area (Å²) in [6.45, 7) is 27.4. The number of rotatable bonds is 4. The topological polar surface area (TPSA) is 20.6 Å². The molecule has 2 aliphatic rings. The van der Waals surface area contributed by atoms with Gasteiger partial charge < -0.3 is 19.1 Å². The van der Waals surface area contributed by atoms with Gasteiger partial charge in [-0.25, -0.2) is 0 Å². The average molecular weight is 840 g/mol. The van der Waals surface area contributed by atoms with Crippen molar-refractivity contribution in [3.63, 3.8) is 0 Å². The molecule has 0 aliphatic carbocycles. The lowest BCUT2D eigenvalue weighted by atomic mass is 9.34. The Kier molecular flexibility index (Phi) is 9.41. The van der Waals surface area contributed by atoms with Gasteiger partial charge in [-0.3, -0.25) is 0 Å². The van der Waals surface area contributed by atoms with E-state index < -0.39 is 0 Å². The first-order valence-electron chi connectivity index (χ1n) is 23.1. The van der Waals surface area contributed by atoms with Gasteiger partial charge in [0.2, 0.25) is 0 Å². The van der Waals surface area contributed by atoms with Gasteiger partial charge >= 0.3 is 0 Å². The summed E-state index contributed by atoms with van der Waals surface area (Å²) in [5.41, 5.74) is 18.0. The molecular weight excluding hydrogens is 777 g/mol. The predicted molar refractivity (Wildman–Crippen MR) is 276 cm³/mol. The molecule has 322 valence electrons. The van der Waals surface area contributed by atoms with Crippen LogP contribution in [-0.2, 0) is 28.7 Å². The lowest BCUT2D eigenvalue weighted by Gasteiger charge is -2.41. The van der Waals surface area contributed by atoms with Crippen molar-refractivity contribution in [2.75, 3.05) is 9.80 Å². The van der Waals surface area contributed by atoms with Crippen LogP contribution in [0.2, 0.25) is 0 Å². The molecule has 0 saturated heterocycles. The number of benzene rings is 7. The zero-order valence-corrected chi connectivity index (χ0v) is 40.1. The minimum absolute atomic E-state index is 0.0139. The summed E-state index contributed by atoms with van der Waals surface area (Å²) in [7, 11) is 2.22. The third-order valence-electron chi connectivity index (χ3n) is 13.9. The highest BCUT2D eigenvalue weighted by Crippen LogP contribution is 2.51. The van der Waals surface area contributed by atoms with E-state index in [0.29, 0.717) is 0 Å². The van der Waals surface area contributed by atoms with Gasteiger partial charge in [0.05, 0.1) is 5.52 Å².